The standard InChI is InChI=1S/C12H18ClN5/c1-4-11-10(6-13)12(5-2)18(15-11)8-9-7-17(3)16-14-9/h7H,4-6,8H2,1-3H3. The fraction of sp³-hybridized carbons (Fsp3) is 0.583. The summed E-state index contributed by atoms with van der Waals surface area (Å²) in [6.45, 7) is 4.88. The van der Waals surface area contributed by atoms with E-state index in [4.69, 9.17) is 11.6 Å². The van der Waals surface area contributed by atoms with E-state index in [0.717, 1.165) is 24.2 Å². The molecule has 6 heteroatoms. The number of nitrogens with zero attached hydrogens (tertiary/aromatic N) is 5. The topological polar surface area (TPSA) is 48.5 Å². The first-order valence-corrected chi connectivity index (χ1v) is 6.71. The third-order valence-electron chi connectivity index (χ3n) is 3.01. The Labute approximate surface area is 112 Å². The maximum atomic E-state index is 6.03. The molecule has 2 rings (SSSR count). The van der Waals surface area contributed by atoms with Crippen LogP contribution in [0.3, 0.4) is 0 Å². The van der Waals surface area contributed by atoms with Gasteiger partial charge in [0, 0.05) is 24.5 Å². The molecule has 0 atom stereocenters. The van der Waals surface area contributed by atoms with Crippen LogP contribution in [0.5, 0.6) is 0 Å². The predicted molar refractivity (Wildman–Crippen MR) is 70.6 cm³/mol. The highest BCUT2D eigenvalue weighted by Crippen LogP contribution is 2.19. The summed E-state index contributed by atoms with van der Waals surface area (Å²) in [6.07, 6.45) is 3.74. The molecule has 18 heavy (non-hydrogen) atoms. The minimum Gasteiger partial charge on any atom is -0.263 e. The average molecular weight is 268 g/mol. The lowest BCUT2D eigenvalue weighted by molar-refractivity contribution is 0.627. The highest BCUT2D eigenvalue weighted by molar-refractivity contribution is 6.17. The number of halogens is 1. The number of hydrogen-bond donors (Lipinski definition) is 0. The summed E-state index contributed by atoms with van der Waals surface area (Å²) in [6, 6.07) is 0. The van der Waals surface area contributed by atoms with Gasteiger partial charge >= 0.3 is 0 Å². The van der Waals surface area contributed by atoms with Crippen LogP contribution in [0.15, 0.2) is 6.20 Å². The molecule has 0 N–H and O–H groups in total. The molecule has 0 amide bonds. The van der Waals surface area contributed by atoms with Gasteiger partial charge in [-0.2, -0.15) is 5.10 Å². The Balaban J connectivity index is 2.35. The SMILES string of the molecule is CCc1nn(Cc2cn(C)nn2)c(CC)c1CCl. The summed E-state index contributed by atoms with van der Waals surface area (Å²) in [5, 5.41) is 12.7. The Morgan fingerprint density at radius 1 is 1.28 bits per heavy atom. The molecule has 0 bridgehead atoms. The first kappa shape index (κ1) is 13.1. The summed E-state index contributed by atoms with van der Waals surface area (Å²) >= 11 is 6.03. The van der Waals surface area contributed by atoms with Gasteiger partial charge < -0.3 is 0 Å². The lowest BCUT2D eigenvalue weighted by atomic mass is 10.1. The van der Waals surface area contributed by atoms with Gasteiger partial charge in [-0.05, 0) is 12.8 Å². The fourth-order valence-corrected chi connectivity index (χ4v) is 2.48. The summed E-state index contributed by atoms with van der Waals surface area (Å²) in [4.78, 5) is 0. The smallest absolute Gasteiger partial charge is 0.104 e. The minimum absolute atomic E-state index is 0.521. The molecule has 5 nitrogen and oxygen atoms in total. The van der Waals surface area contributed by atoms with Crippen LogP contribution in [0.2, 0.25) is 0 Å². The molecule has 98 valence electrons. The molecular weight excluding hydrogens is 250 g/mol. The molecule has 0 aliphatic carbocycles. The number of aromatic nitrogens is 5. The quantitative estimate of drug-likeness (QED) is 0.778. The third kappa shape index (κ3) is 2.41. The van der Waals surface area contributed by atoms with E-state index in [1.54, 1.807) is 4.68 Å². The first-order valence-electron chi connectivity index (χ1n) is 6.18. The largest absolute Gasteiger partial charge is 0.263 e. The van der Waals surface area contributed by atoms with Crippen molar-refractivity contribution in [2.45, 2.75) is 39.1 Å². The Kier molecular flexibility index (Phi) is 4.01. The van der Waals surface area contributed by atoms with E-state index in [9.17, 15) is 0 Å². The fourth-order valence-electron chi connectivity index (χ4n) is 2.17. The van der Waals surface area contributed by atoms with E-state index in [1.807, 2.05) is 17.9 Å². The zero-order chi connectivity index (χ0) is 13.1. The van der Waals surface area contributed by atoms with Crippen LogP contribution in [0.25, 0.3) is 0 Å². The Bertz CT molecular complexity index is 529. The third-order valence-corrected chi connectivity index (χ3v) is 3.28. The summed E-state index contributed by atoms with van der Waals surface area (Å²) in [5.74, 6) is 0.521. The molecule has 2 heterocycles. The monoisotopic (exact) mass is 267 g/mol. The van der Waals surface area contributed by atoms with Crippen LogP contribution < -0.4 is 0 Å². The van der Waals surface area contributed by atoms with Gasteiger partial charge in [0.1, 0.15) is 5.69 Å². The molecule has 0 aromatic carbocycles. The van der Waals surface area contributed by atoms with E-state index in [0.29, 0.717) is 12.4 Å². The highest BCUT2D eigenvalue weighted by atomic mass is 35.5. The number of aryl methyl sites for hydroxylation is 2. The van der Waals surface area contributed by atoms with Crippen LogP contribution in [-0.4, -0.2) is 24.8 Å². The van der Waals surface area contributed by atoms with Crippen molar-refractivity contribution in [1.82, 2.24) is 24.8 Å². The van der Waals surface area contributed by atoms with Crippen LogP contribution in [0.4, 0.5) is 0 Å². The van der Waals surface area contributed by atoms with E-state index < -0.39 is 0 Å². The van der Waals surface area contributed by atoms with Gasteiger partial charge in [0.15, 0.2) is 0 Å². The minimum atomic E-state index is 0.521. The van der Waals surface area contributed by atoms with E-state index in [-0.39, 0.29) is 0 Å². The van der Waals surface area contributed by atoms with Crippen LogP contribution in [-0.2, 0) is 32.3 Å². The predicted octanol–water partition coefficient (Wildman–Crippen LogP) is 1.92. The van der Waals surface area contributed by atoms with Crippen molar-refractivity contribution >= 4 is 11.6 Å². The van der Waals surface area contributed by atoms with Crippen molar-refractivity contribution in [3.63, 3.8) is 0 Å². The first-order chi connectivity index (χ1) is 8.69. The molecule has 0 aliphatic rings. The van der Waals surface area contributed by atoms with Gasteiger partial charge in [0.2, 0.25) is 0 Å². The summed E-state index contributed by atoms with van der Waals surface area (Å²) in [7, 11) is 1.86. The van der Waals surface area contributed by atoms with Gasteiger partial charge in [0.25, 0.3) is 0 Å². The number of alkyl halides is 1. The number of rotatable bonds is 5. The van der Waals surface area contributed by atoms with Crippen LogP contribution in [0, 0.1) is 0 Å². The van der Waals surface area contributed by atoms with Gasteiger partial charge in [0.05, 0.1) is 18.1 Å². The molecule has 2 aromatic rings. The van der Waals surface area contributed by atoms with Crippen molar-refractivity contribution in [2.75, 3.05) is 0 Å². The summed E-state index contributed by atoms with van der Waals surface area (Å²) in [5.41, 5.74) is 4.38. The maximum absolute atomic E-state index is 6.03. The van der Waals surface area contributed by atoms with Crippen molar-refractivity contribution < 1.29 is 0 Å². The van der Waals surface area contributed by atoms with Crippen molar-refractivity contribution in [2.24, 2.45) is 7.05 Å². The zero-order valence-corrected chi connectivity index (χ0v) is 11.8. The molecule has 0 spiro atoms. The molecule has 0 unspecified atom stereocenters. The van der Waals surface area contributed by atoms with E-state index in [1.165, 1.54) is 11.3 Å². The lowest BCUT2D eigenvalue weighted by Crippen LogP contribution is -2.07. The second-order valence-corrected chi connectivity index (χ2v) is 4.52. The van der Waals surface area contributed by atoms with Gasteiger partial charge in [-0.15, -0.1) is 16.7 Å². The zero-order valence-electron chi connectivity index (χ0n) is 11.0. The summed E-state index contributed by atoms with van der Waals surface area (Å²) < 4.78 is 3.70. The van der Waals surface area contributed by atoms with Gasteiger partial charge in [-0.25, -0.2) is 0 Å². The lowest BCUT2D eigenvalue weighted by Gasteiger charge is -2.04. The molecule has 2 aromatic heterocycles. The van der Waals surface area contributed by atoms with Gasteiger partial charge in [-0.1, -0.05) is 19.1 Å². The average Bonchev–Trinajstić information content (AvgIpc) is 2.92. The Morgan fingerprint density at radius 3 is 2.56 bits per heavy atom. The van der Waals surface area contributed by atoms with Crippen molar-refractivity contribution in [3.05, 3.63) is 28.8 Å². The molecule has 0 fully saturated rings. The second-order valence-electron chi connectivity index (χ2n) is 4.25. The van der Waals surface area contributed by atoms with E-state index in [2.05, 4.69) is 29.3 Å². The Morgan fingerprint density at radius 2 is 2.06 bits per heavy atom. The second kappa shape index (κ2) is 5.52. The molecule has 0 radical (unpaired) electrons. The van der Waals surface area contributed by atoms with Crippen molar-refractivity contribution in [3.8, 4) is 0 Å². The van der Waals surface area contributed by atoms with Gasteiger partial charge in [-0.3, -0.25) is 9.36 Å². The molecular formula is C12H18ClN5. The number of hydrogen-bond acceptors (Lipinski definition) is 3. The van der Waals surface area contributed by atoms with Crippen LogP contribution in [0.1, 0.15) is 36.5 Å². The normalized spacial score (nSPS) is 11.1. The maximum Gasteiger partial charge on any atom is 0.104 e. The molecule has 0 aliphatic heterocycles. The Hall–Kier alpha value is -1.36. The van der Waals surface area contributed by atoms with Crippen molar-refractivity contribution in [1.29, 1.82) is 0 Å². The highest BCUT2D eigenvalue weighted by Gasteiger charge is 2.15. The van der Waals surface area contributed by atoms with E-state index >= 15 is 0 Å². The van der Waals surface area contributed by atoms with Crippen LogP contribution >= 0.6 is 11.6 Å². The molecule has 0 saturated heterocycles. The molecule has 0 saturated carbocycles.